The summed E-state index contributed by atoms with van der Waals surface area (Å²) in [5.74, 6) is 0. The summed E-state index contributed by atoms with van der Waals surface area (Å²) in [6.45, 7) is 0.973. The minimum Gasteiger partial charge on any atom is -0.377 e. The summed E-state index contributed by atoms with van der Waals surface area (Å²) in [4.78, 5) is 30.8. The summed E-state index contributed by atoms with van der Waals surface area (Å²) in [7, 11) is 5.01. The van der Waals surface area contributed by atoms with E-state index in [-0.39, 0.29) is 12.1 Å². The maximum absolute atomic E-state index is 12.5. The first kappa shape index (κ1) is 19.7. The molecule has 3 aromatic rings. The molecule has 3 heterocycles. The van der Waals surface area contributed by atoms with Gasteiger partial charge in [-0.3, -0.25) is 13.9 Å². The van der Waals surface area contributed by atoms with Gasteiger partial charge >= 0.3 is 5.69 Å². The summed E-state index contributed by atoms with van der Waals surface area (Å²) >= 11 is 0. The Morgan fingerprint density at radius 1 is 1.13 bits per heavy atom. The van der Waals surface area contributed by atoms with Crippen LogP contribution in [0.5, 0.6) is 0 Å². The summed E-state index contributed by atoms with van der Waals surface area (Å²) < 4.78 is 3.90. The van der Waals surface area contributed by atoms with Crippen molar-refractivity contribution in [1.82, 2.24) is 23.6 Å². The van der Waals surface area contributed by atoms with Gasteiger partial charge in [0.2, 0.25) is 0 Å². The molecule has 0 saturated heterocycles. The van der Waals surface area contributed by atoms with E-state index in [0.717, 1.165) is 27.9 Å². The molecule has 2 N–H and O–H groups in total. The molecule has 0 saturated carbocycles. The van der Waals surface area contributed by atoms with Crippen molar-refractivity contribution in [2.45, 2.75) is 12.8 Å². The van der Waals surface area contributed by atoms with Crippen molar-refractivity contribution < 1.29 is 5.11 Å². The number of aliphatic hydroxyl groups excluding tert-OH is 1. The number of rotatable bonds is 5. The van der Waals surface area contributed by atoms with Gasteiger partial charge in [0, 0.05) is 33.4 Å². The Kier molecular flexibility index (Phi) is 5.04. The molecule has 9 heteroatoms. The Labute approximate surface area is 172 Å². The van der Waals surface area contributed by atoms with Gasteiger partial charge in [0.15, 0.2) is 11.2 Å². The molecular weight excluding hydrogens is 384 g/mol. The molecule has 4 rings (SSSR count). The first-order valence-corrected chi connectivity index (χ1v) is 9.59. The number of aromatic nitrogens is 4. The molecule has 9 nitrogen and oxygen atoms in total. The number of allylic oxidation sites excluding steroid dienone is 2. The Bertz CT molecular complexity index is 1260. The molecule has 1 aliphatic rings. The average molecular weight is 408 g/mol. The van der Waals surface area contributed by atoms with Gasteiger partial charge in [-0.25, -0.2) is 9.78 Å². The number of benzene rings is 1. The molecule has 2 aromatic heterocycles. The lowest BCUT2D eigenvalue weighted by Crippen LogP contribution is -2.38. The number of anilines is 1. The number of aliphatic hydroxyl groups is 1. The Balaban J connectivity index is 1.50. The summed E-state index contributed by atoms with van der Waals surface area (Å²) in [6, 6.07) is 7.80. The van der Waals surface area contributed by atoms with E-state index < -0.39 is 17.5 Å². The van der Waals surface area contributed by atoms with E-state index in [0.29, 0.717) is 5.65 Å². The highest BCUT2D eigenvalue weighted by Crippen LogP contribution is 2.21. The standard InChI is InChI=1S/C21H24N6O3/c1-24-10-8-15(9-11-24)14-4-6-16(7-5-14)23-17(28)12-27-13-22-19-18(27)20(29)26(3)21(30)25(19)2/h4-10,13,17,23,28H,11-12H2,1-3H3. The number of likely N-dealkylation sites (N-methyl/N-ethyl adjacent to an activating group) is 1. The predicted molar refractivity (Wildman–Crippen MR) is 116 cm³/mol. The maximum Gasteiger partial charge on any atom is 0.332 e. The number of fused-ring (bicyclic) bond motifs is 1. The van der Waals surface area contributed by atoms with Crippen molar-refractivity contribution in [3.8, 4) is 0 Å². The van der Waals surface area contributed by atoms with Gasteiger partial charge < -0.3 is 19.9 Å². The second-order valence-electron chi connectivity index (χ2n) is 7.43. The van der Waals surface area contributed by atoms with E-state index in [1.54, 1.807) is 11.6 Å². The lowest BCUT2D eigenvalue weighted by atomic mass is 10.0. The third kappa shape index (κ3) is 3.55. The van der Waals surface area contributed by atoms with Gasteiger partial charge in [0.25, 0.3) is 5.56 Å². The second-order valence-corrected chi connectivity index (χ2v) is 7.43. The van der Waals surface area contributed by atoms with Crippen LogP contribution in [0.15, 0.2) is 58.5 Å². The second kappa shape index (κ2) is 7.68. The van der Waals surface area contributed by atoms with Gasteiger partial charge in [0.1, 0.15) is 6.23 Å². The van der Waals surface area contributed by atoms with Crippen molar-refractivity contribution in [2.24, 2.45) is 14.1 Å². The molecule has 0 fully saturated rings. The number of hydrogen-bond acceptors (Lipinski definition) is 6. The first-order chi connectivity index (χ1) is 14.3. The third-order valence-corrected chi connectivity index (χ3v) is 5.25. The van der Waals surface area contributed by atoms with Gasteiger partial charge in [-0.05, 0) is 35.5 Å². The quantitative estimate of drug-likeness (QED) is 0.604. The van der Waals surface area contributed by atoms with Crippen LogP contribution >= 0.6 is 0 Å². The highest BCUT2D eigenvalue weighted by atomic mass is 16.3. The number of hydrogen-bond donors (Lipinski definition) is 2. The van der Waals surface area contributed by atoms with Crippen molar-refractivity contribution >= 4 is 22.4 Å². The molecule has 0 radical (unpaired) electrons. The molecule has 0 amide bonds. The monoisotopic (exact) mass is 408 g/mol. The molecule has 30 heavy (non-hydrogen) atoms. The van der Waals surface area contributed by atoms with Crippen LogP contribution in [-0.2, 0) is 20.6 Å². The van der Waals surface area contributed by atoms with Crippen LogP contribution in [0, 0.1) is 0 Å². The average Bonchev–Trinajstić information content (AvgIpc) is 3.15. The van der Waals surface area contributed by atoms with Crippen molar-refractivity contribution in [1.29, 1.82) is 0 Å². The zero-order valence-electron chi connectivity index (χ0n) is 17.1. The largest absolute Gasteiger partial charge is 0.377 e. The van der Waals surface area contributed by atoms with E-state index in [1.807, 2.05) is 37.5 Å². The van der Waals surface area contributed by atoms with Gasteiger partial charge in [-0.2, -0.15) is 0 Å². The van der Waals surface area contributed by atoms with Crippen LogP contribution in [0.4, 0.5) is 5.69 Å². The topological polar surface area (TPSA) is 97.3 Å². The van der Waals surface area contributed by atoms with E-state index in [2.05, 4.69) is 27.4 Å². The van der Waals surface area contributed by atoms with Crippen LogP contribution in [0.1, 0.15) is 5.56 Å². The smallest absolute Gasteiger partial charge is 0.332 e. The van der Waals surface area contributed by atoms with Crippen LogP contribution in [0.25, 0.3) is 16.7 Å². The zero-order chi connectivity index (χ0) is 21.4. The number of aryl methyl sites for hydroxylation is 1. The van der Waals surface area contributed by atoms with E-state index >= 15 is 0 Å². The molecule has 1 aliphatic heterocycles. The SMILES string of the molecule is CN1C=CC(c2ccc(NC(O)Cn3cnc4c3c(=O)n(C)c(=O)n4C)cc2)=CC1. The minimum absolute atomic E-state index is 0.103. The van der Waals surface area contributed by atoms with Gasteiger partial charge in [-0.1, -0.05) is 18.2 Å². The van der Waals surface area contributed by atoms with Crippen LogP contribution < -0.4 is 16.6 Å². The zero-order valence-corrected chi connectivity index (χ0v) is 17.1. The molecule has 1 aromatic carbocycles. The first-order valence-electron chi connectivity index (χ1n) is 9.59. The summed E-state index contributed by atoms with van der Waals surface area (Å²) in [5.41, 5.74) is 2.70. The molecule has 0 bridgehead atoms. The minimum atomic E-state index is -0.947. The number of nitrogens with zero attached hydrogens (tertiary/aromatic N) is 5. The van der Waals surface area contributed by atoms with Crippen molar-refractivity contribution in [3.05, 3.63) is 75.3 Å². The van der Waals surface area contributed by atoms with Gasteiger partial charge in [0.05, 0.1) is 12.9 Å². The summed E-state index contributed by atoms with van der Waals surface area (Å²) in [5, 5.41) is 13.5. The highest BCUT2D eigenvalue weighted by Gasteiger charge is 2.16. The highest BCUT2D eigenvalue weighted by molar-refractivity contribution is 5.75. The summed E-state index contributed by atoms with van der Waals surface area (Å²) in [6.07, 6.45) is 6.78. The molecule has 1 unspecified atom stereocenters. The van der Waals surface area contributed by atoms with Crippen molar-refractivity contribution in [2.75, 3.05) is 18.9 Å². The molecular formula is C21H24N6O3. The van der Waals surface area contributed by atoms with E-state index in [9.17, 15) is 14.7 Å². The molecule has 1 atom stereocenters. The number of nitrogens with one attached hydrogen (secondary N) is 1. The Morgan fingerprint density at radius 2 is 1.87 bits per heavy atom. The van der Waals surface area contributed by atoms with Crippen molar-refractivity contribution in [3.63, 3.8) is 0 Å². The van der Waals surface area contributed by atoms with Gasteiger partial charge in [-0.15, -0.1) is 0 Å². The van der Waals surface area contributed by atoms with E-state index in [4.69, 9.17) is 0 Å². The Hall–Kier alpha value is -3.59. The molecule has 156 valence electrons. The fourth-order valence-corrected chi connectivity index (χ4v) is 3.51. The predicted octanol–water partition coefficient (Wildman–Crippen LogP) is 0.707. The fraction of sp³-hybridized carbons (Fsp3) is 0.286. The third-order valence-electron chi connectivity index (χ3n) is 5.25. The molecule has 0 spiro atoms. The van der Waals surface area contributed by atoms with Crippen LogP contribution in [0.3, 0.4) is 0 Å². The van der Waals surface area contributed by atoms with E-state index in [1.165, 1.54) is 17.9 Å². The fourth-order valence-electron chi connectivity index (χ4n) is 3.51. The maximum atomic E-state index is 12.5. The Morgan fingerprint density at radius 3 is 2.53 bits per heavy atom. The lowest BCUT2D eigenvalue weighted by molar-refractivity contribution is 0.183. The number of imidazole rings is 1. The molecule has 0 aliphatic carbocycles. The van der Waals surface area contributed by atoms with Crippen LogP contribution in [0.2, 0.25) is 0 Å². The lowest BCUT2D eigenvalue weighted by Gasteiger charge is -2.18. The normalized spacial score (nSPS) is 14.8. The van der Waals surface area contributed by atoms with Crippen LogP contribution in [-0.4, -0.2) is 48.5 Å².